The first-order valence-electron chi connectivity index (χ1n) is 5.52. The number of rotatable bonds is 2. The maximum absolute atomic E-state index is 10.8. The van der Waals surface area contributed by atoms with Crippen LogP contribution in [0.25, 0.3) is 0 Å². The molecule has 4 heteroatoms. The van der Waals surface area contributed by atoms with E-state index < -0.39 is 5.97 Å². The molecule has 1 heterocycles. The van der Waals surface area contributed by atoms with Gasteiger partial charge in [-0.1, -0.05) is 17.7 Å². The van der Waals surface area contributed by atoms with Crippen molar-refractivity contribution in [1.82, 2.24) is 4.98 Å². The fraction of sp³-hybridized carbons (Fsp3) is 0.500. The number of pyridine rings is 1. The number of hydrogen-bond acceptors (Lipinski definition) is 2. The van der Waals surface area contributed by atoms with E-state index in [0.29, 0.717) is 11.1 Å². The number of carbonyl (C=O) groups is 1. The van der Waals surface area contributed by atoms with Crippen LogP contribution in [-0.2, 0) is 4.79 Å². The summed E-state index contributed by atoms with van der Waals surface area (Å²) in [6.45, 7) is 0. The molecule has 1 N–H and O–H groups in total. The van der Waals surface area contributed by atoms with Gasteiger partial charge in [0.1, 0.15) is 5.15 Å². The highest BCUT2D eigenvalue weighted by Gasteiger charge is 2.27. The van der Waals surface area contributed by atoms with Crippen LogP contribution >= 0.6 is 11.6 Å². The maximum Gasteiger partial charge on any atom is 0.306 e. The normalized spacial score (nSPS) is 25.3. The van der Waals surface area contributed by atoms with E-state index in [9.17, 15) is 4.79 Å². The van der Waals surface area contributed by atoms with E-state index in [-0.39, 0.29) is 5.92 Å². The van der Waals surface area contributed by atoms with Gasteiger partial charge in [-0.05, 0) is 37.8 Å². The van der Waals surface area contributed by atoms with Crippen LogP contribution in [0, 0.1) is 5.92 Å². The zero-order valence-electron chi connectivity index (χ0n) is 8.90. The van der Waals surface area contributed by atoms with E-state index >= 15 is 0 Å². The molecule has 0 aliphatic heterocycles. The lowest BCUT2D eigenvalue weighted by Gasteiger charge is -2.25. The summed E-state index contributed by atoms with van der Waals surface area (Å²) in [4.78, 5) is 15.1. The summed E-state index contributed by atoms with van der Waals surface area (Å²) in [7, 11) is 0. The molecule has 1 aliphatic carbocycles. The van der Waals surface area contributed by atoms with E-state index in [2.05, 4.69) is 4.98 Å². The molecule has 0 amide bonds. The van der Waals surface area contributed by atoms with Gasteiger partial charge in [-0.15, -0.1) is 0 Å². The van der Waals surface area contributed by atoms with Crippen molar-refractivity contribution < 1.29 is 9.90 Å². The van der Waals surface area contributed by atoms with Crippen LogP contribution in [0.3, 0.4) is 0 Å². The topological polar surface area (TPSA) is 50.2 Å². The van der Waals surface area contributed by atoms with Crippen LogP contribution in [0.15, 0.2) is 18.2 Å². The fourth-order valence-corrected chi connectivity index (χ4v) is 2.46. The van der Waals surface area contributed by atoms with Crippen LogP contribution in [0.1, 0.15) is 37.3 Å². The molecule has 1 aromatic heterocycles. The van der Waals surface area contributed by atoms with Crippen molar-refractivity contribution in [2.75, 3.05) is 0 Å². The molecule has 1 saturated carbocycles. The first-order chi connectivity index (χ1) is 7.66. The number of carboxylic acids is 1. The molecule has 2 rings (SSSR count). The molecule has 0 bridgehead atoms. The minimum atomic E-state index is -0.669. The van der Waals surface area contributed by atoms with Crippen molar-refractivity contribution in [3.63, 3.8) is 0 Å². The molecular weight excluding hydrogens is 226 g/mol. The second kappa shape index (κ2) is 4.83. The van der Waals surface area contributed by atoms with Gasteiger partial charge >= 0.3 is 5.97 Å². The van der Waals surface area contributed by atoms with Gasteiger partial charge in [-0.2, -0.15) is 0 Å². The third-order valence-corrected chi connectivity index (χ3v) is 3.44. The minimum Gasteiger partial charge on any atom is -0.481 e. The SMILES string of the molecule is O=C(O)C1CCC(c2cccc(Cl)n2)CC1. The summed E-state index contributed by atoms with van der Waals surface area (Å²) in [5, 5.41) is 9.41. The molecule has 0 unspecified atom stereocenters. The van der Waals surface area contributed by atoms with Crippen molar-refractivity contribution in [2.24, 2.45) is 5.92 Å². The van der Waals surface area contributed by atoms with Crippen molar-refractivity contribution in [3.05, 3.63) is 29.0 Å². The zero-order valence-corrected chi connectivity index (χ0v) is 9.65. The Morgan fingerprint density at radius 3 is 2.56 bits per heavy atom. The molecule has 0 aromatic carbocycles. The molecule has 0 spiro atoms. The van der Waals surface area contributed by atoms with Gasteiger partial charge in [-0.25, -0.2) is 4.98 Å². The minimum absolute atomic E-state index is 0.171. The predicted molar refractivity (Wildman–Crippen MR) is 61.6 cm³/mol. The van der Waals surface area contributed by atoms with Gasteiger partial charge in [0.25, 0.3) is 0 Å². The molecule has 0 radical (unpaired) electrons. The summed E-state index contributed by atoms with van der Waals surface area (Å²) >= 11 is 5.84. The molecule has 3 nitrogen and oxygen atoms in total. The average Bonchev–Trinajstić information content (AvgIpc) is 2.29. The number of aromatic nitrogens is 1. The van der Waals surface area contributed by atoms with Gasteiger partial charge in [0.05, 0.1) is 5.92 Å². The molecule has 1 aliphatic rings. The number of aliphatic carboxylic acids is 1. The summed E-state index contributed by atoms with van der Waals surface area (Å²) in [5.41, 5.74) is 0.997. The Labute approximate surface area is 99.5 Å². The molecule has 0 atom stereocenters. The van der Waals surface area contributed by atoms with Crippen LogP contribution in [0.2, 0.25) is 5.15 Å². The maximum atomic E-state index is 10.8. The van der Waals surface area contributed by atoms with Gasteiger partial charge in [-0.3, -0.25) is 4.79 Å². The summed E-state index contributed by atoms with van der Waals surface area (Å²) in [6.07, 6.45) is 3.27. The Morgan fingerprint density at radius 1 is 1.31 bits per heavy atom. The van der Waals surface area contributed by atoms with E-state index in [1.54, 1.807) is 6.07 Å². The molecule has 1 aromatic rings. The quantitative estimate of drug-likeness (QED) is 0.807. The smallest absolute Gasteiger partial charge is 0.306 e. The van der Waals surface area contributed by atoms with Crippen molar-refractivity contribution >= 4 is 17.6 Å². The Balaban J connectivity index is 2.01. The fourth-order valence-electron chi connectivity index (χ4n) is 2.29. The summed E-state index contributed by atoms with van der Waals surface area (Å²) < 4.78 is 0. The van der Waals surface area contributed by atoms with E-state index in [1.807, 2.05) is 12.1 Å². The zero-order chi connectivity index (χ0) is 11.5. The first-order valence-corrected chi connectivity index (χ1v) is 5.90. The first kappa shape index (κ1) is 11.4. The second-order valence-corrected chi connectivity index (χ2v) is 4.66. The lowest BCUT2D eigenvalue weighted by atomic mass is 9.80. The van der Waals surface area contributed by atoms with Crippen LogP contribution in [-0.4, -0.2) is 16.1 Å². The highest BCUT2D eigenvalue weighted by molar-refractivity contribution is 6.29. The largest absolute Gasteiger partial charge is 0.481 e. The molecule has 86 valence electrons. The molecule has 1 fully saturated rings. The second-order valence-electron chi connectivity index (χ2n) is 4.27. The highest BCUT2D eigenvalue weighted by atomic mass is 35.5. The van der Waals surface area contributed by atoms with Crippen molar-refractivity contribution in [1.29, 1.82) is 0 Å². The monoisotopic (exact) mass is 239 g/mol. The third-order valence-electron chi connectivity index (χ3n) is 3.23. The standard InChI is InChI=1S/C12H14ClNO2/c13-11-3-1-2-10(14-11)8-4-6-9(7-5-8)12(15)16/h1-3,8-9H,4-7H2,(H,15,16). The highest BCUT2D eigenvalue weighted by Crippen LogP contribution is 2.35. The molecular formula is C12H14ClNO2. The van der Waals surface area contributed by atoms with Gasteiger partial charge in [0.2, 0.25) is 0 Å². The van der Waals surface area contributed by atoms with E-state index in [4.69, 9.17) is 16.7 Å². The van der Waals surface area contributed by atoms with Crippen LogP contribution in [0.4, 0.5) is 0 Å². The molecule has 0 saturated heterocycles. The Hall–Kier alpha value is -1.09. The number of hydrogen-bond donors (Lipinski definition) is 1. The lowest BCUT2D eigenvalue weighted by Crippen LogP contribution is -2.20. The van der Waals surface area contributed by atoms with Crippen molar-refractivity contribution in [2.45, 2.75) is 31.6 Å². The number of nitrogens with zero attached hydrogens (tertiary/aromatic N) is 1. The van der Waals surface area contributed by atoms with Gasteiger partial charge < -0.3 is 5.11 Å². The number of halogens is 1. The van der Waals surface area contributed by atoms with Crippen molar-refractivity contribution in [3.8, 4) is 0 Å². The van der Waals surface area contributed by atoms with Gasteiger partial charge in [0.15, 0.2) is 0 Å². The Bertz CT molecular complexity index is 386. The Morgan fingerprint density at radius 2 is 2.00 bits per heavy atom. The lowest BCUT2D eigenvalue weighted by molar-refractivity contribution is -0.142. The molecule has 16 heavy (non-hydrogen) atoms. The van der Waals surface area contributed by atoms with Crippen LogP contribution < -0.4 is 0 Å². The van der Waals surface area contributed by atoms with E-state index in [0.717, 1.165) is 31.4 Å². The average molecular weight is 240 g/mol. The predicted octanol–water partition coefficient (Wildman–Crippen LogP) is 3.09. The number of carboxylic acid groups (broad SMARTS) is 1. The summed E-state index contributed by atoms with van der Waals surface area (Å²) in [5.74, 6) is -0.470. The third kappa shape index (κ3) is 2.53. The summed E-state index contributed by atoms with van der Waals surface area (Å²) in [6, 6.07) is 5.62. The van der Waals surface area contributed by atoms with Crippen LogP contribution in [0.5, 0.6) is 0 Å². The van der Waals surface area contributed by atoms with E-state index in [1.165, 1.54) is 0 Å². The van der Waals surface area contributed by atoms with Gasteiger partial charge in [0, 0.05) is 11.6 Å². The Kier molecular flexibility index (Phi) is 3.44.